The summed E-state index contributed by atoms with van der Waals surface area (Å²) in [5.41, 5.74) is 4.76. The fourth-order valence-corrected chi connectivity index (χ4v) is 2.45. The number of benzene rings is 2. The van der Waals surface area contributed by atoms with Crippen molar-refractivity contribution < 1.29 is 9.90 Å². The third-order valence-corrected chi connectivity index (χ3v) is 3.57. The van der Waals surface area contributed by atoms with E-state index < -0.39 is 5.97 Å². The van der Waals surface area contributed by atoms with Crippen LogP contribution in [0.15, 0.2) is 48.5 Å². The molecule has 0 amide bonds. The van der Waals surface area contributed by atoms with E-state index in [0.717, 1.165) is 5.56 Å². The fourth-order valence-electron chi connectivity index (χ4n) is 2.45. The number of carboxylic acids is 1. The molecule has 0 radical (unpaired) electrons. The number of carbonyl (C=O) groups is 1. The number of hydrogen-bond donors (Lipinski definition) is 2. The molecule has 0 saturated carbocycles. The highest BCUT2D eigenvalue weighted by molar-refractivity contribution is 5.66. The molecule has 2 aromatic carbocycles. The number of carboxylic acid groups (broad SMARTS) is 1. The van der Waals surface area contributed by atoms with Crippen LogP contribution in [0.4, 0.5) is 0 Å². The second-order valence-corrected chi connectivity index (χ2v) is 5.30. The molecule has 21 heavy (non-hydrogen) atoms. The van der Waals surface area contributed by atoms with Gasteiger partial charge < -0.3 is 10.4 Å². The lowest BCUT2D eigenvalue weighted by Crippen LogP contribution is -2.25. The van der Waals surface area contributed by atoms with Gasteiger partial charge in [-0.2, -0.15) is 0 Å². The molecule has 0 fully saturated rings. The summed E-state index contributed by atoms with van der Waals surface area (Å²) in [5.74, 6) is -0.782. The zero-order valence-corrected chi connectivity index (χ0v) is 12.5. The molecule has 0 aromatic heterocycles. The van der Waals surface area contributed by atoms with E-state index in [-0.39, 0.29) is 12.5 Å². The first-order valence-corrected chi connectivity index (χ1v) is 7.15. The van der Waals surface area contributed by atoms with Crippen LogP contribution in [0.1, 0.15) is 34.7 Å². The van der Waals surface area contributed by atoms with Crippen molar-refractivity contribution in [3.63, 3.8) is 0 Å². The average molecular weight is 283 g/mol. The van der Waals surface area contributed by atoms with Gasteiger partial charge in [-0.05, 0) is 30.5 Å². The summed E-state index contributed by atoms with van der Waals surface area (Å²) in [6.07, 6.45) is 0.119. The second kappa shape index (κ2) is 7.04. The van der Waals surface area contributed by atoms with Crippen LogP contribution in [0.5, 0.6) is 0 Å². The van der Waals surface area contributed by atoms with Crippen molar-refractivity contribution in [1.82, 2.24) is 5.32 Å². The predicted octanol–water partition coefficient (Wildman–Crippen LogP) is 3.46. The number of nitrogens with one attached hydrogen (secondary N) is 1. The second-order valence-electron chi connectivity index (χ2n) is 5.30. The predicted molar refractivity (Wildman–Crippen MR) is 84.5 cm³/mol. The molecule has 110 valence electrons. The van der Waals surface area contributed by atoms with Crippen LogP contribution >= 0.6 is 0 Å². The lowest BCUT2D eigenvalue weighted by molar-refractivity contribution is -0.136. The van der Waals surface area contributed by atoms with E-state index in [1.54, 1.807) is 0 Å². The summed E-state index contributed by atoms with van der Waals surface area (Å²) in [6, 6.07) is 16.5. The maximum absolute atomic E-state index is 10.7. The number of rotatable bonds is 6. The highest BCUT2D eigenvalue weighted by atomic mass is 16.4. The Hall–Kier alpha value is -2.13. The number of aliphatic carboxylic acids is 1. The van der Waals surface area contributed by atoms with E-state index in [4.69, 9.17) is 5.11 Å². The number of aryl methyl sites for hydroxylation is 2. The van der Waals surface area contributed by atoms with Crippen molar-refractivity contribution >= 4 is 5.97 Å². The Kier molecular flexibility index (Phi) is 5.12. The van der Waals surface area contributed by atoms with E-state index in [9.17, 15) is 4.79 Å². The first-order chi connectivity index (χ1) is 10.1. The van der Waals surface area contributed by atoms with Gasteiger partial charge in [-0.15, -0.1) is 0 Å². The largest absolute Gasteiger partial charge is 0.481 e. The molecule has 0 bridgehead atoms. The van der Waals surface area contributed by atoms with E-state index in [1.165, 1.54) is 16.7 Å². The van der Waals surface area contributed by atoms with Crippen LogP contribution in [-0.2, 0) is 4.79 Å². The summed E-state index contributed by atoms with van der Waals surface area (Å²) in [4.78, 5) is 10.7. The molecule has 0 aliphatic heterocycles. The molecular weight excluding hydrogens is 262 g/mol. The minimum Gasteiger partial charge on any atom is -0.481 e. The molecular formula is C18H21NO2. The van der Waals surface area contributed by atoms with Crippen molar-refractivity contribution in [1.29, 1.82) is 0 Å². The van der Waals surface area contributed by atoms with Crippen LogP contribution in [0.25, 0.3) is 0 Å². The monoisotopic (exact) mass is 283 g/mol. The molecule has 1 atom stereocenters. The average Bonchev–Trinajstić information content (AvgIpc) is 2.47. The molecule has 0 spiro atoms. The van der Waals surface area contributed by atoms with Crippen molar-refractivity contribution in [2.45, 2.75) is 26.3 Å². The Morgan fingerprint density at radius 3 is 2.52 bits per heavy atom. The van der Waals surface area contributed by atoms with E-state index in [1.807, 2.05) is 18.2 Å². The topological polar surface area (TPSA) is 49.3 Å². The fraction of sp³-hybridized carbons (Fsp3) is 0.278. The van der Waals surface area contributed by atoms with Gasteiger partial charge in [0, 0.05) is 6.54 Å². The molecule has 0 heterocycles. The molecule has 2 N–H and O–H groups in total. The van der Waals surface area contributed by atoms with Crippen molar-refractivity contribution in [3.8, 4) is 0 Å². The third kappa shape index (κ3) is 4.17. The highest BCUT2D eigenvalue weighted by Crippen LogP contribution is 2.25. The molecule has 0 aliphatic rings. The molecule has 3 heteroatoms. The maximum Gasteiger partial charge on any atom is 0.304 e. The van der Waals surface area contributed by atoms with Gasteiger partial charge >= 0.3 is 5.97 Å². The van der Waals surface area contributed by atoms with Crippen LogP contribution in [0.3, 0.4) is 0 Å². The molecule has 0 aliphatic carbocycles. The summed E-state index contributed by atoms with van der Waals surface area (Å²) in [6.45, 7) is 4.61. The SMILES string of the molecule is Cc1ccc(C)c(C(NCCC(=O)O)c2ccccc2)c1. The first-order valence-electron chi connectivity index (χ1n) is 7.15. The quantitative estimate of drug-likeness (QED) is 0.853. The standard InChI is InChI=1S/C18H21NO2/c1-13-8-9-14(2)16(12-13)18(19-11-10-17(20)21)15-6-4-3-5-7-15/h3-9,12,18-19H,10-11H2,1-2H3,(H,20,21). The van der Waals surface area contributed by atoms with Gasteiger partial charge in [0.05, 0.1) is 12.5 Å². The lowest BCUT2D eigenvalue weighted by Gasteiger charge is -2.22. The van der Waals surface area contributed by atoms with Crippen molar-refractivity contribution in [2.24, 2.45) is 0 Å². The lowest BCUT2D eigenvalue weighted by atomic mass is 9.93. The highest BCUT2D eigenvalue weighted by Gasteiger charge is 2.16. The van der Waals surface area contributed by atoms with Gasteiger partial charge in [-0.1, -0.05) is 54.1 Å². The Labute approximate surface area is 125 Å². The normalized spacial score (nSPS) is 12.1. The Bertz CT molecular complexity index is 608. The minimum atomic E-state index is -0.782. The van der Waals surface area contributed by atoms with Gasteiger partial charge in [-0.3, -0.25) is 4.79 Å². The summed E-state index contributed by atoms with van der Waals surface area (Å²) in [5, 5.41) is 12.2. The summed E-state index contributed by atoms with van der Waals surface area (Å²) < 4.78 is 0. The first kappa shape index (κ1) is 15.3. The molecule has 0 saturated heterocycles. The number of hydrogen-bond acceptors (Lipinski definition) is 2. The minimum absolute atomic E-state index is 0.0189. The van der Waals surface area contributed by atoms with Gasteiger partial charge in [0.25, 0.3) is 0 Å². The molecule has 2 aromatic rings. The molecule has 2 rings (SSSR count). The van der Waals surface area contributed by atoms with E-state index >= 15 is 0 Å². The van der Waals surface area contributed by atoms with Crippen LogP contribution < -0.4 is 5.32 Å². The summed E-state index contributed by atoms with van der Waals surface area (Å²) in [7, 11) is 0. The maximum atomic E-state index is 10.7. The van der Waals surface area contributed by atoms with Gasteiger partial charge in [0.15, 0.2) is 0 Å². The smallest absolute Gasteiger partial charge is 0.304 e. The van der Waals surface area contributed by atoms with Crippen molar-refractivity contribution in [3.05, 3.63) is 70.8 Å². The van der Waals surface area contributed by atoms with Crippen LogP contribution in [0, 0.1) is 13.8 Å². The zero-order chi connectivity index (χ0) is 15.2. The van der Waals surface area contributed by atoms with E-state index in [0.29, 0.717) is 6.54 Å². The van der Waals surface area contributed by atoms with Crippen LogP contribution in [0.2, 0.25) is 0 Å². The Morgan fingerprint density at radius 2 is 1.86 bits per heavy atom. The van der Waals surface area contributed by atoms with E-state index in [2.05, 4.69) is 49.5 Å². The molecule has 3 nitrogen and oxygen atoms in total. The Morgan fingerprint density at radius 1 is 1.14 bits per heavy atom. The van der Waals surface area contributed by atoms with Gasteiger partial charge in [0.1, 0.15) is 0 Å². The third-order valence-electron chi connectivity index (χ3n) is 3.57. The van der Waals surface area contributed by atoms with Crippen molar-refractivity contribution in [2.75, 3.05) is 6.54 Å². The Balaban J connectivity index is 2.31. The zero-order valence-electron chi connectivity index (χ0n) is 12.5. The summed E-state index contributed by atoms with van der Waals surface area (Å²) >= 11 is 0. The van der Waals surface area contributed by atoms with Gasteiger partial charge in [-0.25, -0.2) is 0 Å². The molecule has 1 unspecified atom stereocenters. The van der Waals surface area contributed by atoms with Gasteiger partial charge in [0.2, 0.25) is 0 Å². The van der Waals surface area contributed by atoms with Crippen LogP contribution in [-0.4, -0.2) is 17.6 Å².